The van der Waals surface area contributed by atoms with Crippen LogP contribution in [-0.2, 0) is 0 Å². The molecular formula is C20H24ClFN4O. The predicted molar refractivity (Wildman–Crippen MR) is 108 cm³/mol. The Bertz CT molecular complexity index is 829. The molecule has 2 aromatic rings. The van der Waals surface area contributed by atoms with Crippen LogP contribution in [0.3, 0.4) is 0 Å². The second-order valence-corrected chi connectivity index (χ2v) is 7.11. The zero-order valence-corrected chi connectivity index (χ0v) is 16.2. The van der Waals surface area contributed by atoms with Crippen LogP contribution in [0.2, 0.25) is 5.02 Å². The SMILES string of the molecule is COc1ccccc1NC(N)=NCC1CCN(C)C1c1ccc(Cl)c(F)c1. The van der Waals surface area contributed by atoms with Gasteiger partial charge in [-0.15, -0.1) is 0 Å². The Balaban J connectivity index is 1.71. The van der Waals surface area contributed by atoms with Crippen molar-refractivity contribution < 1.29 is 9.13 Å². The molecule has 7 heteroatoms. The first-order chi connectivity index (χ1) is 13.0. The van der Waals surface area contributed by atoms with E-state index >= 15 is 0 Å². The van der Waals surface area contributed by atoms with Crippen molar-refractivity contribution in [2.24, 2.45) is 16.6 Å². The third kappa shape index (κ3) is 4.51. The van der Waals surface area contributed by atoms with E-state index in [0.29, 0.717) is 18.3 Å². The summed E-state index contributed by atoms with van der Waals surface area (Å²) < 4.78 is 19.2. The van der Waals surface area contributed by atoms with Crippen molar-refractivity contribution in [3.05, 3.63) is 58.9 Å². The molecule has 2 aromatic carbocycles. The number of ether oxygens (including phenoxy) is 1. The van der Waals surface area contributed by atoms with E-state index in [1.54, 1.807) is 13.2 Å². The number of rotatable bonds is 5. The number of hydrogen-bond donors (Lipinski definition) is 2. The van der Waals surface area contributed by atoms with Crippen molar-refractivity contribution in [1.82, 2.24) is 4.90 Å². The van der Waals surface area contributed by atoms with Gasteiger partial charge in [0.25, 0.3) is 0 Å². The number of nitrogens with zero attached hydrogens (tertiary/aromatic N) is 2. The van der Waals surface area contributed by atoms with Crippen LogP contribution in [-0.4, -0.2) is 38.1 Å². The van der Waals surface area contributed by atoms with Crippen LogP contribution in [0.1, 0.15) is 18.0 Å². The topological polar surface area (TPSA) is 62.9 Å². The average Bonchev–Trinajstić information content (AvgIpc) is 3.03. The minimum atomic E-state index is -0.394. The molecule has 1 aliphatic heterocycles. The number of para-hydroxylation sites is 2. The summed E-state index contributed by atoms with van der Waals surface area (Å²) in [5.41, 5.74) is 7.74. The lowest BCUT2D eigenvalue weighted by Gasteiger charge is -2.25. The monoisotopic (exact) mass is 390 g/mol. The first-order valence-electron chi connectivity index (χ1n) is 8.84. The van der Waals surface area contributed by atoms with Crippen LogP contribution < -0.4 is 15.8 Å². The molecule has 0 amide bonds. The normalized spacial score (nSPS) is 20.7. The number of hydrogen-bond acceptors (Lipinski definition) is 3. The number of benzene rings is 2. The molecule has 1 fully saturated rings. The Morgan fingerprint density at radius 3 is 2.89 bits per heavy atom. The average molecular weight is 391 g/mol. The molecule has 1 saturated heterocycles. The summed E-state index contributed by atoms with van der Waals surface area (Å²) in [5.74, 6) is 0.878. The van der Waals surface area contributed by atoms with Gasteiger partial charge in [-0.2, -0.15) is 0 Å². The fraction of sp³-hybridized carbons (Fsp3) is 0.350. The van der Waals surface area contributed by atoms with E-state index in [0.717, 1.165) is 24.2 Å². The van der Waals surface area contributed by atoms with E-state index in [1.807, 2.05) is 37.4 Å². The molecule has 2 atom stereocenters. The largest absolute Gasteiger partial charge is 0.495 e. The van der Waals surface area contributed by atoms with Crippen LogP contribution in [0.25, 0.3) is 0 Å². The number of anilines is 1. The van der Waals surface area contributed by atoms with Crippen molar-refractivity contribution in [3.8, 4) is 5.75 Å². The maximum atomic E-state index is 13.9. The van der Waals surface area contributed by atoms with Crippen LogP contribution in [0, 0.1) is 11.7 Å². The molecule has 1 aliphatic rings. The summed E-state index contributed by atoms with van der Waals surface area (Å²) in [7, 11) is 3.65. The van der Waals surface area contributed by atoms with E-state index in [4.69, 9.17) is 22.1 Å². The second-order valence-electron chi connectivity index (χ2n) is 6.70. The van der Waals surface area contributed by atoms with Crippen molar-refractivity contribution in [2.45, 2.75) is 12.5 Å². The van der Waals surface area contributed by atoms with Gasteiger partial charge in [-0.05, 0) is 55.8 Å². The molecule has 1 heterocycles. The van der Waals surface area contributed by atoms with Crippen molar-refractivity contribution in [3.63, 3.8) is 0 Å². The lowest BCUT2D eigenvalue weighted by molar-refractivity contribution is 0.279. The molecule has 0 aromatic heterocycles. The van der Waals surface area contributed by atoms with Gasteiger partial charge in [-0.3, -0.25) is 9.89 Å². The number of aliphatic imine (C=N–C) groups is 1. The molecule has 0 aliphatic carbocycles. The molecule has 0 saturated carbocycles. The van der Waals surface area contributed by atoms with Gasteiger partial charge in [0.05, 0.1) is 17.8 Å². The third-order valence-electron chi connectivity index (χ3n) is 4.93. The van der Waals surface area contributed by atoms with Crippen molar-refractivity contribution in [2.75, 3.05) is 32.6 Å². The Morgan fingerprint density at radius 1 is 1.37 bits per heavy atom. The Kier molecular flexibility index (Phi) is 6.19. The maximum absolute atomic E-state index is 13.9. The van der Waals surface area contributed by atoms with Gasteiger partial charge in [0.1, 0.15) is 11.6 Å². The van der Waals surface area contributed by atoms with E-state index in [2.05, 4.69) is 15.2 Å². The second kappa shape index (κ2) is 8.59. The molecule has 0 bridgehead atoms. The van der Waals surface area contributed by atoms with Crippen LogP contribution >= 0.6 is 11.6 Å². The number of guanidine groups is 1. The number of methoxy groups -OCH3 is 1. The molecule has 5 nitrogen and oxygen atoms in total. The van der Waals surface area contributed by atoms with Crippen LogP contribution in [0.15, 0.2) is 47.5 Å². The van der Waals surface area contributed by atoms with Gasteiger partial charge in [0, 0.05) is 12.6 Å². The van der Waals surface area contributed by atoms with Gasteiger partial charge >= 0.3 is 0 Å². The zero-order valence-electron chi connectivity index (χ0n) is 15.5. The first kappa shape index (κ1) is 19.5. The smallest absolute Gasteiger partial charge is 0.193 e. The minimum absolute atomic E-state index is 0.0829. The fourth-order valence-electron chi connectivity index (χ4n) is 3.58. The number of halogens is 2. The van der Waals surface area contributed by atoms with Gasteiger partial charge in [0.2, 0.25) is 0 Å². The third-order valence-corrected chi connectivity index (χ3v) is 5.23. The Hall–Kier alpha value is -2.31. The van der Waals surface area contributed by atoms with E-state index in [9.17, 15) is 4.39 Å². The van der Waals surface area contributed by atoms with E-state index < -0.39 is 5.82 Å². The standard InChI is InChI=1S/C20H24ClFN4O/c1-26-10-9-14(19(26)13-7-8-15(21)16(22)11-13)12-24-20(23)25-17-5-3-4-6-18(17)27-2/h3-8,11,14,19H,9-10,12H2,1-2H3,(H3,23,24,25). The molecular weight excluding hydrogens is 367 g/mol. The van der Waals surface area contributed by atoms with Gasteiger partial charge in [0.15, 0.2) is 5.96 Å². The summed E-state index contributed by atoms with van der Waals surface area (Å²) in [6.45, 7) is 1.47. The highest BCUT2D eigenvalue weighted by Gasteiger charge is 2.33. The fourth-order valence-corrected chi connectivity index (χ4v) is 3.70. The van der Waals surface area contributed by atoms with Crippen molar-refractivity contribution in [1.29, 1.82) is 0 Å². The van der Waals surface area contributed by atoms with Gasteiger partial charge < -0.3 is 15.8 Å². The summed E-state index contributed by atoms with van der Waals surface area (Å²) in [4.78, 5) is 6.72. The Morgan fingerprint density at radius 2 is 2.15 bits per heavy atom. The molecule has 3 rings (SSSR count). The highest BCUT2D eigenvalue weighted by atomic mass is 35.5. The first-order valence-corrected chi connectivity index (χ1v) is 9.22. The number of likely N-dealkylation sites (tertiary alicyclic amines) is 1. The summed E-state index contributed by atoms with van der Waals surface area (Å²) >= 11 is 5.82. The Labute approximate surface area is 164 Å². The minimum Gasteiger partial charge on any atom is -0.495 e. The highest BCUT2D eigenvalue weighted by molar-refractivity contribution is 6.30. The van der Waals surface area contributed by atoms with Crippen LogP contribution in [0.4, 0.5) is 10.1 Å². The molecule has 144 valence electrons. The molecule has 27 heavy (non-hydrogen) atoms. The molecule has 3 N–H and O–H groups in total. The molecule has 0 spiro atoms. The molecule has 0 radical (unpaired) electrons. The van der Waals surface area contributed by atoms with Gasteiger partial charge in [-0.25, -0.2) is 4.39 Å². The van der Waals surface area contributed by atoms with Crippen LogP contribution in [0.5, 0.6) is 5.75 Å². The van der Waals surface area contributed by atoms with E-state index in [1.165, 1.54) is 6.07 Å². The molecule has 2 unspecified atom stereocenters. The number of nitrogens with two attached hydrogens (primary N) is 1. The maximum Gasteiger partial charge on any atom is 0.193 e. The van der Waals surface area contributed by atoms with E-state index in [-0.39, 0.29) is 17.0 Å². The van der Waals surface area contributed by atoms with Crippen molar-refractivity contribution >= 4 is 23.2 Å². The summed E-state index contributed by atoms with van der Waals surface area (Å²) in [6, 6.07) is 12.6. The highest BCUT2D eigenvalue weighted by Crippen LogP contribution is 2.37. The predicted octanol–water partition coefficient (Wildman–Crippen LogP) is 3.91. The lowest BCUT2D eigenvalue weighted by Crippen LogP contribution is -2.26. The quantitative estimate of drug-likeness (QED) is 0.600. The van der Waals surface area contributed by atoms with Gasteiger partial charge in [-0.1, -0.05) is 29.8 Å². The summed E-state index contributed by atoms with van der Waals surface area (Å²) in [5, 5.41) is 3.22. The number of nitrogens with one attached hydrogen (secondary N) is 1. The zero-order chi connectivity index (χ0) is 19.4. The lowest BCUT2D eigenvalue weighted by atomic mass is 9.94. The summed E-state index contributed by atoms with van der Waals surface area (Å²) in [6.07, 6.45) is 0.969.